The second kappa shape index (κ2) is 6.36. The summed E-state index contributed by atoms with van der Waals surface area (Å²) in [7, 11) is 0. The van der Waals surface area contributed by atoms with Gasteiger partial charge in [0.05, 0.1) is 6.54 Å². The number of H-pyrrole nitrogens is 1. The van der Waals surface area contributed by atoms with E-state index >= 15 is 0 Å². The van der Waals surface area contributed by atoms with Gasteiger partial charge in [-0.25, -0.2) is 4.79 Å². The molecule has 0 radical (unpaired) electrons. The summed E-state index contributed by atoms with van der Waals surface area (Å²) in [4.78, 5) is 28.1. The number of fused-ring (bicyclic) bond motifs is 1. The van der Waals surface area contributed by atoms with Gasteiger partial charge >= 0.3 is 6.09 Å². The number of benzene rings is 1. The average Bonchev–Trinajstić information content (AvgIpc) is 2.59. The quantitative estimate of drug-likeness (QED) is 0.918. The molecule has 2 heterocycles. The number of aromatic amines is 1. The zero-order valence-corrected chi connectivity index (χ0v) is 12.4. The highest BCUT2D eigenvalue weighted by atomic mass is 16.6. The molecule has 0 saturated heterocycles. The Labute approximate surface area is 132 Å². The lowest BCUT2D eigenvalue weighted by atomic mass is 10.0. The summed E-state index contributed by atoms with van der Waals surface area (Å²) in [6.45, 7) is 1.02. The van der Waals surface area contributed by atoms with E-state index in [0.717, 1.165) is 16.8 Å². The van der Waals surface area contributed by atoms with Crippen molar-refractivity contribution >= 4 is 6.09 Å². The van der Waals surface area contributed by atoms with E-state index in [1.807, 2.05) is 36.4 Å². The van der Waals surface area contributed by atoms with Crippen LogP contribution in [-0.2, 0) is 24.3 Å². The first-order valence-corrected chi connectivity index (χ1v) is 7.28. The largest absolute Gasteiger partial charge is 0.445 e. The number of rotatable bonds is 2. The lowest BCUT2D eigenvalue weighted by molar-refractivity contribution is 0.0916. The van der Waals surface area contributed by atoms with Crippen LogP contribution in [0.2, 0.25) is 0 Å². The topological polar surface area (TPSA) is 86.2 Å². The van der Waals surface area contributed by atoms with Crippen LogP contribution in [0.15, 0.2) is 41.2 Å². The van der Waals surface area contributed by atoms with E-state index in [4.69, 9.17) is 10.00 Å². The number of hydrogen-bond acceptors (Lipinski definition) is 4. The third-order valence-electron chi connectivity index (χ3n) is 3.79. The molecule has 1 aliphatic rings. The number of ether oxygens (including phenoxy) is 1. The highest BCUT2D eigenvalue weighted by molar-refractivity contribution is 5.68. The zero-order chi connectivity index (χ0) is 16.2. The molecule has 0 unspecified atom stereocenters. The molecule has 3 rings (SSSR count). The molecule has 0 atom stereocenters. The first-order chi connectivity index (χ1) is 11.2. The molecule has 1 amide bonds. The molecule has 0 saturated carbocycles. The third-order valence-corrected chi connectivity index (χ3v) is 3.79. The van der Waals surface area contributed by atoms with Gasteiger partial charge in [-0.3, -0.25) is 4.79 Å². The summed E-state index contributed by atoms with van der Waals surface area (Å²) in [5.74, 6) is 0. The summed E-state index contributed by atoms with van der Waals surface area (Å²) in [6, 6.07) is 12.9. The van der Waals surface area contributed by atoms with Crippen LogP contribution in [0.1, 0.15) is 22.4 Å². The van der Waals surface area contributed by atoms with Gasteiger partial charge in [0.25, 0.3) is 5.56 Å². The number of aromatic nitrogens is 1. The minimum atomic E-state index is -0.399. The Morgan fingerprint density at radius 3 is 2.87 bits per heavy atom. The summed E-state index contributed by atoms with van der Waals surface area (Å²) >= 11 is 0. The van der Waals surface area contributed by atoms with Crippen molar-refractivity contribution in [3.63, 3.8) is 0 Å². The van der Waals surface area contributed by atoms with Gasteiger partial charge in [0, 0.05) is 18.7 Å². The fourth-order valence-electron chi connectivity index (χ4n) is 2.56. The van der Waals surface area contributed by atoms with Crippen LogP contribution < -0.4 is 5.56 Å². The van der Waals surface area contributed by atoms with Gasteiger partial charge in [-0.05, 0) is 17.2 Å². The van der Waals surface area contributed by atoms with Gasteiger partial charge in [-0.2, -0.15) is 5.26 Å². The molecule has 23 heavy (non-hydrogen) atoms. The predicted octanol–water partition coefficient (Wildman–Crippen LogP) is 1.94. The minimum Gasteiger partial charge on any atom is -0.445 e. The SMILES string of the molecule is N#Cc1cc2c([nH]c1=O)CCN(C(=O)OCc1ccccc1)C2. The van der Waals surface area contributed by atoms with Crippen LogP contribution in [-0.4, -0.2) is 22.5 Å². The Morgan fingerprint density at radius 1 is 1.35 bits per heavy atom. The fourth-order valence-corrected chi connectivity index (χ4v) is 2.56. The van der Waals surface area contributed by atoms with Crippen LogP contribution in [0.4, 0.5) is 4.79 Å². The molecule has 0 spiro atoms. The van der Waals surface area contributed by atoms with E-state index in [1.165, 1.54) is 0 Å². The van der Waals surface area contributed by atoms with Crippen LogP contribution in [0, 0.1) is 11.3 Å². The van der Waals surface area contributed by atoms with Crippen molar-refractivity contribution in [3.8, 4) is 6.07 Å². The molecule has 0 bridgehead atoms. The van der Waals surface area contributed by atoms with E-state index in [-0.39, 0.29) is 17.7 Å². The van der Waals surface area contributed by atoms with E-state index < -0.39 is 6.09 Å². The zero-order valence-electron chi connectivity index (χ0n) is 12.4. The van der Waals surface area contributed by atoms with Crippen molar-refractivity contribution in [2.24, 2.45) is 0 Å². The third kappa shape index (κ3) is 3.24. The van der Waals surface area contributed by atoms with Gasteiger partial charge in [0.15, 0.2) is 0 Å². The van der Waals surface area contributed by atoms with Crippen LogP contribution >= 0.6 is 0 Å². The number of pyridine rings is 1. The maximum Gasteiger partial charge on any atom is 0.410 e. The lowest BCUT2D eigenvalue weighted by Crippen LogP contribution is -2.37. The number of amides is 1. The standard InChI is InChI=1S/C17H15N3O3/c18-9-13-8-14-10-20(7-6-15(14)19-16(13)21)17(22)23-11-12-4-2-1-3-5-12/h1-5,8H,6-7,10-11H2,(H,19,21). The number of hydrogen-bond donors (Lipinski definition) is 1. The first-order valence-electron chi connectivity index (χ1n) is 7.28. The molecule has 1 aromatic carbocycles. The normalized spacial score (nSPS) is 13.1. The molecular formula is C17H15N3O3. The maximum absolute atomic E-state index is 12.2. The molecule has 1 N–H and O–H groups in total. The Kier molecular flexibility index (Phi) is 4.11. The summed E-state index contributed by atoms with van der Waals surface area (Å²) in [6.07, 6.45) is 0.140. The molecule has 0 fully saturated rings. The van der Waals surface area contributed by atoms with E-state index in [1.54, 1.807) is 11.0 Å². The highest BCUT2D eigenvalue weighted by Gasteiger charge is 2.23. The Morgan fingerprint density at radius 2 is 2.13 bits per heavy atom. The Balaban J connectivity index is 1.68. The van der Waals surface area contributed by atoms with Gasteiger partial charge in [-0.1, -0.05) is 30.3 Å². The van der Waals surface area contributed by atoms with Crippen LogP contribution in [0.25, 0.3) is 0 Å². The number of carbonyl (C=O) groups excluding carboxylic acids is 1. The van der Waals surface area contributed by atoms with Crippen molar-refractivity contribution in [2.45, 2.75) is 19.6 Å². The van der Waals surface area contributed by atoms with Crippen molar-refractivity contribution in [2.75, 3.05) is 6.54 Å². The molecule has 6 nitrogen and oxygen atoms in total. The van der Waals surface area contributed by atoms with Gasteiger partial charge < -0.3 is 14.6 Å². The van der Waals surface area contributed by atoms with Crippen molar-refractivity contribution in [1.82, 2.24) is 9.88 Å². The molecule has 116 valence electrons. The van der Waals surface area contributed by atoms with Gasteiger partial charge in [-0.15, -0.1) is 0 Å². The number of nitriles is 1. The molecule has 2 aromatic rings. The van der Waals surface area contributed by atoms with Crippen molar-refractivity contribution in [3.05, 3.63) is 69.1 Å². The van der Waals surface area contributed by atoms with E-state index in [9.17, 15) is 9.59 Å². The minimum absolute atomic E-state index is 0.0586. The fraction of sp³-hybridized carbons (Fsp3) is 0.235. The van der Waals surface area contributed by atoms with Gasteiger partial charge in [0.1, 0.15) is 18.2 Å². The van der Waals surface area contributed by atoms with E-state index in [2.05, 4.69) is 4.98 Å². The second-order valence-corrected chi connectivity index (χ2v) is 5.34. The highest BCUT2D eigenvalue weighted by Crippen LogP contribution is 2.17. The maximum atomic E-state index is 12.2. The molecule has 6 heteroatoms. The van der Waals surface area contributed by atoms with Crippen molar-refractivity contribution in [1.29, 1.82) is 5.26 Å². The molecule has 1 aliphatic heterocycles. The van der Waals surface area contributed by atoms with Gasteiger partial charge in [0.2, 0.25) is 0 Å². The summed E-state index contributed by atoms with van der Waals surface area (Å²) < 4.78 is 5.31. The molecule has 1 aromatic heterocycles. The Hall–Kier alpha value is -3.07. The summed E-state index contributed by atoms with van der Waals surface area (Å²) in [5.41, 5.74) is 2.16. The second-order valence-electron chi connectivity index (χ2n) is 5.34. The number of carbonyl (C=O) groups is 1. The first kappa shape index (κ1) is 14.9. The van der Waals surface area contributed by atoms with Crippen molar-refractivity contribution < 1.29 is 9.53 Å². The number of nitrogens with zero attached hydrogens (tertiary/aromatic N) is 2. The lowest BCUT2D eigenvalue weighted by Gasteiger charge is -2.27. The van der Waals surface area contributed by atoms with Crippen LogP contribution in [0.5, 0.6) is 0 Å². The smallest absolute Gasteiger partial charge is 0.410 e. The summed E-state index contributed by atoms with van der Waals surface area (Å²) in [5, 5.41) is 8.93. The van der Waals surface area contributed by atoms with E-state index in [0.29, 0.717) is 19.5 Å². The monoisotopic (exact) mass is 309 g/mol. The molecule has 0 aliphatic carbocycles. The number of nitrogens with one attached hydrogen (secondary N) is 1. The predicted molar refractivity (Wildman–Crippen MR) is 82.5 cm³/mol. The average molecular weight is 309 g/mol. The van der Waals surface area contributed by atoms with Crippen LogP contribution in [0.3, 0.4) is 0 Å². The molecular weight excluding hydrogens is 294 g/mol. The Bertz CT molecular complexity index is 821.